The van der Waals surface area contributed by atoms with Gasteiger partial charge in [0.15, 0.2) is 5.78 Å². The first kappa shape index (κ1) is 15.7. The van der Waals surface area contributed by atoms with Crippen LogP contribution in [-0.2, 0) is 0 Å². The molecule has 0 aliphatic carbocycles. The Bertz CT molecular complexity index is 802. The van der Waals surface area contributed by atoms with Crippen molar-refractivity contribution >= 4 is 11.7 Å². The Balaban J connectivity index is 1.89. The van der Waals surface area contributed by atoms with Crippen molar-refractivity contribution in [2.75, 3.05) is 0 Å². The lowest BCUT2D eigenvalue weighted by atomic mass is 10.0. The Labute approximate surface area is 139 Å². The van der Waals surface area contributed by atoms with Gasteiger partial charge in [0.1, 0.15) is 5.69 Å². The van der Waals surface area contributed by atoms with Crippen LogP contribution in [0.5, 0.6) is 0 Å². The molecule has 5 heteroatoms. The van der Waals surface area contributed by atoms with E-state index in [9.17, 15) is 9.59 Å². The molecule has 2 N–H and O–H groups in total. The van der Waals surface area contributed by atoms with E-state index in [0.29, 0.717) is 11.3 Å². The van der Waals surface area contributed by atoms with Gasteiger partial charge in [-0.2, -0.15) is 0 Å². The first-order chi connectivity index (χ1) is 11.6. The summed E-state index contributed by atoms with van der Waals surface area (Å²) in [5, 5.41) is 2.97. The van der Waals surface area contributed by atoms with Gasteiger partial charge in [-0.3, -0.25) is 14.6 Å². The first-order valence-electron chi connectivity index (χ1n) is 7.61. The predicted molar refractivity (Wildman–Crippen MR) is 90.8 cm³/mol. The monoisotopic (exact) mass is 319 g/mol. The summed E-state index contributed by atoms with van der Waals surface area (Å²) in [6.45, 7) is 1.46. The van der Waals surface area contributed by atoms with E-state index in [-0.39, 0.29) is 17.7 Å². The number of ketones is 1. The van der Waals surface area contributed by atoms with Crippen LogP contribution < -0.4 is 5.32 Å². The molecule has 3 aromatic rings. The van der Waals surface area contributed by atoms with Crippen molar-refractivity contribution in [2.45, 2.75) is 13.0 Å². The van der Waals surface area contributed by atoms with Crippen LogP contribution in [-0.4, -0.2) is 21.7 Å². The van der Waals surface area contributed by atoms with Crippen LogP contribution in [0.15, 0.2) is 67.0 Å². The fourth-order valence-corrected chi connectivity index (χ4v) is 2.46. The molecule has 1 atom stereocenters. The summed E-state index contributed by atoms with van der Waals surface area (Å²) in [6, 6.07) is 16.4. The number of benzene rings is 1. The lowest BCUT2D eigenvalue weighted by molar-refractivity contribution is 0.0937. The number of hydrogen-bond acceptors (Lipinski definition) is 3. The van der Waals surface area contributed by atoms with Crippen molar-refractivity contribution in [1.29, 1.82) is 0 Å². The molecule has 1 unspecified atom stereocenters. The van der Waals surface area contributed by atoms with Crippen molar-refractivity contribution < 1.29 is 9.59 Å². The number of H-pyrrole nitrogens is 1. The minimum Gasteiger partial charge on any atom is -0.356 e. The second-order valence-corrected chi connectivity index (χ2v) is 5.43. The summed E-state index contributed by atoms with van der Waals surface area (Å²) in [5.41, 5.74) is 2.50. The summed E-state index contributed by atoms with van der Waals surface area (Å²) in [6.07, 6.45) is 3.23. The molecule has 3 rings (SSSR count). The molecule has 2 aromatic heterocycles. The summed E-state index contributed by atoms with van der Waals surface area (Å²) in [4.78, 5) is 31.1. The molecule has 0 aliphatic heterocycles. The second-order valence-electron chi connectivity index (χ2n) is 5.43. The van der Waals surface area contributed by atoms with E-state index < -0.39 is 0 Å². The zero-order chi connectivity index (χ0) is 16.9. The Morgan fingerprint density at radius 2 is 1.83 bits per heavy atom. The summed E-state index contributed by atoms with van der Waals surface area (Å²) < 4.78 is 0. The van der Waals surface area contributed by atoms with Gasteiger partial charge in [-0.25, -0.2) is 0 Å². The maximum absolute atomic E-state index is 12.6. The van der Waals surface area contributed by atoms with Gasteiger partial charge in [0.2, 0.25) is 0 Å². The van der Waals surface area contributed by atoms with Gasteiger partial charge in [0, 0.05) is 18.0 Å². The molecule has 1 amide bonds. The Kier molecular flexibility index (Phi) is 4.52. The van der Waals surface area contributed by atoms with Crippen molar-refractivity contribution in [3.63, 3.8) is 0 Å². The lowest BCUT2D eigenvalue weighted by Gasteiger charge is -2.18. The number of amides is 1. The number of pyridine rings is 1. The van der Waals surface area contributed by atoms with Gasteiger partial charge in [-0.1, -0.05) is 36.4 Å². The molecular weight excluding hydrogens is 302 g/mol. The fraction of sp³-hybridized carbons (Fsp3) is 0.105. The van der Waals surface area contributed by atoms with Gasteiger partial charge in [0.05, 0.1) is 11.7 Å². The Morgan fingerprint density at radius 3 is 2.46 bits per heavy atom. The van der Waals surface area contributed by atoms with Crippen molar-refractivity contribution in [3.05, 3.63) is 89.5 Å². The summed E-state index contributed by atoms with van der Waals surface area (Å²) in [7, 11) is 0. The van der Waals surface area contributed by atoms with E-state index in [1.54, 1.807) is 12.3 Å². The van der Waals surface area contributed by atoms with Gasteiger partial charge in [0.25, 0.3) is 5.91 Å². The minimum atomic E-state index is -0.371. The molecule has 0 saturated carbocycles. The van der Waals surface area contributed by atoms with Gasteiger partial charge < -0.3 is 10.3 Å². The topological polar surface area (TPSA) is 74.8 Å². The molecule has 24 heavy (non-hydrogen) atoms. The highest BCUT2D eigenvalue weighted by Gasteiger charge is 2.20. The third-order valence-electron chi connectivity index (χ3n) is 3.73. The average molecular weight is 319 g/mol. The quantitative estimate of drug-likeness (QED) is 0.710. The number of aromatic nitrogens is 2. The van der Waals surface area contributed by atoms with Crippen molar-refractivity contribution in [1.82, 2.24) is 15.3 Å². The molecule has 0 fully saturated rings. The van der Waals surface area contributed by atoms with Crippen LogP contribution in [0, 0.1) is 0 Å². The summed E-state index contributed by atoms with van der Waals surface area (Å²) >= 11 is 0. The van der Waals surface area contributed by atoms with E-state index in [1.807, 2.05) is 48.5 Å². The minimum absolute atomic E-state index is 0.0883. The number of Topliss-reactive ketones (excluding diaryl/α,β-unsaturated/α-hetero) is 1. The third-order valence-corrected chi connectivity index (χ3v) is 3.73. The Morgan fingerprint density at radius 1 is 1.08 bits per heavy atom. The molecule has 0 aliphatic rings. The largest absolute Gasteiger partial charge is 0.356 e. The number of rotatable bonds is 5. The number of carbonyl (C=O) groups is 2. The fourth-order valence-electron chi connectivity index (χ4n) is 2.46. The van der Waals surface area contributed by atoms with Gasteiger partial charge in [-0.05, 0) is 30.7 Å². The van der Waals surface area contributed by atoms with E-state index in [2.05, 4.69) is 15.3 Å². The third kappa shape index (κ3) is 3.41. The highest BCUT2D eigenvalue weighted by molar-refractivity contribution is 5.99. The summed E-state index contributed by atoms with van der Waals surface area (Å²) in [5.74, 6) is -0.378. The predicted octanol–water partition coefficient (Wildman–Crippen LogP) is 3.13. The molecule has 0 saturated heterocycles. The van der Waals surface area contributed by atoms with Crippen molar-refractivity contribution in [2.24, 2.45) is 0 Å². The van der Waals surface area contributed by atoms with E-state index in [4.69, 9.17) is 0 Å². The number of aromatic amines is 1. The van der Waals surface area contributed by atoms with E-state index >= 15 is 0 Å². The van der Waals surface area contributed by atoms with Gasteiger partial charge in [-0.15, -0.1) is 0 Å². The molecule has 120 valence electrons. The lowest BCUT2D eigenvalue weighted by Crippen LogP contribution is -2.30. The highest BCUT2D eigenvalue weighted by Crippen LogP contribution is 2.20. The van der Waals surface area contributed by atoms with Crippen LogP contribution in [0.3, 0.4) is 0 Å². The average Bonchev–Trinajstić information content (AvgIpc) is 3.11. The second kappa shape index (κ2) is 6.91. The van der Waals surface area contributed by atoms with Crippen LogP contribution in [0.2, 0.25) is 0 Å². The number of nitrogens with zero attached hydrogens (tertiary/aromatic N) is 1. The van der Waals surface area contributed by atoms with E-state index in [0.717, 1.165) is 11.3 Å². The van der Waals surface area contributed by atoms with Crippen molar-refractivity contribution in [3.8, 4) is 0 Å². The number of carbonyl (C=O) groups excluding carboxylic acids is 2. The molecule has 5 nitrogen and oxygen atoms in total. The van der Waals surface area contributed by atoms with Crippen LogP contribution in [0.4, 0.5) is 0 Å². The standard InChI is InChI=1S/C19H17N3O2/c1-13(23)15-11-17(21-12-15)19(24)22-18(14-7-3-2-4-8-14)16-9-5-6-10-20-16/h2-12,18,21H,1H3,(H,22,24). The highest BCUT2D eigenvalue weighted by atomic mass is 16.2. The molecule has 2 heterocycles. The SMILES string of the molecule is CC(=O)c1c[nH]c(C(=O)NC(c2ccccc2)c2ccccn2)c1. The zero-order valence-electron chi connectivity index (χ0n) is 13.2. The molecular formula is C19H17N3O2. The van der Waals surface area contributed by atoms with Crippen LogP contribution >= 0.6 is 0 Å². The molecule has 0 bridgehead atoms. The number of nitrogens with one attached hydrogen (secondary N) is 2. The molecule has 1 aromatic carbocycles. The maximum Gasteiger partial charge on any atom is 0.268 e. The van der Waals surface area contributed by atoms with Crippen LogP contribution in [0.1, 0.15) is 45.1 Å². The molecule has 0 spiro atoms. The van der Waals surface area contributed by atoms with Gasteiger partial charge >= 0.3 is 0 Å². The molecule has 0 radical (unpaired) electrons. The maximum atomic E-state index is 12.6. The van der Waals surface area contributed by atoms with E-state index in [1.165, 1.54) is 13.1 Å². The Hall–Kier alpha value is -3.21. The number of hydrogen-bond donors (Lipinski definition) is 2. The van der Waals surface area contributed by atoms with Crippen LogP contribution in [0.25, 0.3) is 0 Å². The zero-order valence-corrected chi connectivity index (χ0v) is 13.2. The first-order valence-corrected chi connectivity index (χ1v) is 7.61. The normalized spacial score (nSPS) is 11.7. The smallest absolute Gasteiger partial charge is 0.268 e.